The monoisotopic (exact) mass is 405 g/mol. The summed E-state index contributed by atoms with van der Waals surface area (Å²) in [5.74, 6) is -0.711. The number of benzene rings is 1. The van der Waals surface area contributed by atoms with Crippen LogP contribution in [0, 0.1) is 0 Å². The molecule has 1 amide bonds. The molecule has 2 rings (SSSR count). The van der Waals surface area contributed by atoms with Crippen molar-refractivity contribution in [1.82, 2.24) is 0 Å². The van der Waals surface area contributed by atoms with E-state index in [0.717, 1.165) is 17.0 Å². The van der Waals surface area contributed by atoms with Crippen molar-refractivity contribution in [3.8, 4) is 0 Å². The zero-order valence-corrected chi connectivity index (χ0v) is 13.4. The molecule has 10 heteroatoms. The van der Waals surface area contributed by atoms with Crippen molar-refractivity contribution in [2.24, 2.45) is 0 Å². The lowest BCUT2D eigenvalue weighted by molar-refractivity contribution is -0.137. The number of carbonyl (C=O) groups is 1. The maximum atomic E-state index is 13.0. The van der Waals surface area contributed by atoms with Crippen LogP contribution >= 0.6 is 26.6 Å². The Hall–Kier alpha value is -0.800. The molecule has 1 aromatic rings. The van der Waals surface area contributed by atoms with Gasteiger partial charge in [0.2, 0.25) is 15.0 Å². The lowest BCUT2D eigenvalue weighted by Crippen LogP contribution is -2.29. The van der Waals surface area contributed by atoms with Gasteiger partial charge in [0.25, 0.3) is 0 Å². The summed E-state index contributed by atoms with van der Waals surface area (Å²) in [5.41, 5.74) is -1.39. The molecule has 116 valence electrons. The van der Waals surface area contributed by atoms with Gasteiger partial charge in [0.15, 0.2) is 0 Å². The van der Waals surface area contributed by atoms with E-state index < -0.39 is 44.9 Å². The van der Waals surface area contributed by atoms with Crippen LogP contribution in [0.25, 0.3) is 0 Å². The first-order chi connectivity index (χ1) is 9.50. The summed E-state index contributed by atoms with van der Waals surface area (Å²) in [4.78, 5) is 12.6. The minimum Gasteiger partial charge on any atom is -0.310 e. The lowest BCUT2D eigenvalue weighted by Gasteiger charge is -2.21. The number of alkyl halides is 3. The quantitative estimate of drug-likeness (QED) is 0.709. The average Bonchev–Trinajstić information content (AvgIpc) is 2.70. The van der Waals surface area contributed by atoms with Crippen molar-refractivity contribution in [3.05, 3.63) is 28.2 Å². The van der Waals surface area contributed by atoms with Crippen LogP contribution < -0.4 is 4.90 Å². The first-order valence-corrected chi connectivity index (χ1v) is 8.77. The normalized spacial score (nSPS) is 20.1. The van der Waals surface area contributed by atoms with Crippen LogP contribution in [-0.2, 0) is 20.0 Å². The Bertz CT molecular complexity index is 692. The van der Waals surface area contributed by atoms with Crippen LogP contribution in [0.3, 0.4) is 0 Å². The SMILES string of the molecule is O=C1CC(S(=O)(=O)Cl)CN1c1ccc(Br)cc1C(F)(F)F. The molecule has 0 N–H and O–H groups in total. The number of carbonyl (C=O) groups excluding carboxylic acids is 1. The van der Waals surface area contributed by atoms with E-state index in [9.17, 15) is 26.4 Å². The van der Waals surface area contributed by atoms with Gasteiger partial charge in [-0.1, -0.05) is 15.9 Å². The first kappa shape index (κ1) is 16.6. The second-order valence-electron chi connectivity index (χ2n) is 4.47. The maximum absolute atomic E-state index is 13.0. The van der Waals surface area contributed by atoms with Gasteiger partial charge >= 0.3 is 6.18 Å². The number of hydrogen-bond acceptors (Lipinski definition) is 3. The van der Waals surface area contributed by atoms with E-state index in [2.05, 4.69) is 15.9 Å². The van der Waals surface area contributed by atoms with Crippen LogP contribution in [-0.4, -0.2) is 26.1 Å². The van der Waals surface area contributed by atoms with Crippen LogP contribution in [0.1, 0.15) is 12.0 Å². The molecule has 1 aromatic carbocycles. The number of nitrogens with zero attached hydrogens (tertiary/aromatic N) is 1. The summed E-state index contributed by atoms with van der Waals surface area (Å²) < 4.78 is 61.8. The van der Waals surface area contributed by atoms with Gasteiger partial charge in [-0.3, -0.25) is 4.79 Å². The molecule has 1 aliphatic heterocycles. The van der Waals surface area contributed by atoms with Gasteiger partial charge in [-0.2, -0.15) is 13.2 Å². The molecule has 0 aliphatic carbocycles. The Morgan fingerprint density at radius 3 is 2.43 bits per heavy atom. The number of rotatable bonds is 2. The Morgan fingerprint density at radius 2 is 1.95 bits per heavy atom. The third-order valence-corrected chi connectivity index (χ3v) is 5.40. The highest BCUT2D eigenvalue weighted by Crippen LogP contribution is 2.40. The highest BCUT2D eigenvalue weighted by Gasteiger charge is 2.42. The topological polar surface area (TPSA) is 54.5 Å². The summed E-state index contributed by atoms with van der Waals surface area (Å²) in [6.07, 6.45) is -5.10. The smallest absolute Gasteiger partial charge is 0.310 e. The average molecular weight is 407 g/mol. The zero-order valence-electron chi connectivity index (χ0n) is 10.2. The first-order valence-electron chi connectivity index (χ1n) is 5.60. The molecule has 1 heterocycles. The number of halogens is 5. The molecular formula is C11H8BrClF3NO3S. The van der Waals surface area contributed by atoms with Gasteiger partial charge in [-0.05, 0) is 18.2 Å². The third-order valence-electron chi connectivity index (χ3n) is 3.04. The van der Waals surface area contributed by atoms with Crippen molar-refractivity contribution in [3.63, 3.8) is 0 Å². The van der Waals surface area contributed by atoms with E-state index in [0.29, 0.717) is 0 Å². The third kappa shape index (κ3) is 3.51. The fraction of sp³-hybridized carbons (Fsp3) is 0.364. The molecule has 1 aliphatic rings. The molecule has 1 unspecified atom stereocenters. The van der Waals surface area contributed by atoms with Gasteiger partial charge in [0.05, 0.1) is 11.3 Å². The molecule has 0 aromatic heterocycles. The second-order valence-corrected chi connectivity index (χ2v) is 8.29. The van der Waals surface area contributed by atoms with E-state index >= 15 is 0 Å². The van der Waals surface area contributed by atoms with Gasteiger partial charge in [-0.25, -0.2) is 8.42 Å². The summed E-state index contributed by atoms with van der Waals surface area (Å²) in [7, 11) is 1.16. The van der Waals surface area contributed by atoms with Gasteiger partial charge < -0.3 is 4.90 Å². The summed E-state index contributed by atoms with van der Waals surface area (Å²) in [6.45, 7) is -0.393. The summed E-state index contributed by atoms with van der Waals surface area (Å²) in [5, 5.41) is -1.21. The van der Waals surface area contributed by atoms with E-state index in [4.69, 9.17) is 10.7 Å². The molecular weight excluding hydrogens is 399 g/mol. The van der Waals surface area contributed by atoms with Crippen molar-refractivity contribution >= 4 is 47.3 Å². The molecule has 21 heavy (non-hydrogen) atoms. The Kier molecular flexibility index (Phi) is 4.29. The molecule has 0 spiro atoms. The highest BCUT2D eigenvalue weighted by molar-refractivity contribution is 9.10. The fourth-order valence-corrected chi connectivity index (χ4v) is 3.45. The Balaban J connectivity index is 2.46. The molecule has 1 fully saturated rings. The lowest BCUT2D eigenvalue weighted by atomic mass is 10.1. The largest absolute Gasteiger partial charge is 0.418 e. The zero-order chi connectivity index (χ0) is 16.0. The van der Waals surface area contributed by atoms with Gasteiger partial charge in [0.1, 0.15) is 5.25 Å². The van der Waals surface area contributed by atoms with Crippen LogP contribution in [0.15, 0.2) is 22.7 Å². The van der Waals surface area contributed by atoms with Crippen LogP contribution in [0.2, 0.25) is 0 Å². The molecule has 0 saturated carbocycles. The fourth-order valence-electron chi connectivity index (χ4n) is 2.07. The van der Waals surface area contributed by atoms with Crippen LogP contribution in [0.5, 0.6) is 0 Å². The Morgan fingerprint density at radius 1 is 1.33 bits per heavy atom. The van der Waals surface area contributed by atoms with Crippen LogP contribution in [0.4, 0.5) is 18.9 Å². The van der Waals surface area contributed by atoms with Gasteiger partial charge in [0, 0.05) is 28.1 Å². The predicted molar refractivity (Wildman–Crippen MR) is 74.7 cm³/mol. The standard InChI is InChI=1S/C11H8BrClF3NO3S/c12-6-1-2-9(8(3-6)11(14,15)16)17-5-7(4-10(17)18)21(13,19)20/h1-3,7H,4-5H2. The van der Waals surface area contributed by atoms with Crippen molar-refractivity contribution in [2.45, 2.75) is 17.8 Å². The van der Waals surface area contributed by atoms with E-state index in [-0.39, 0.29) is 10.2 Å². The molecule has 4 nitrogen and oxygen atoms in total. The molecule has 0 radical (unpaired) electrons. The van der Waals surface area contributed by atoms with Gasteiger partial charge in [-0.15, -0.1) is 0 Å². The van der Waals surface area contributed by atoms with E-state index in [1.54, 1.807) is 0 Å². The predicted octanol–water partition coefficient (Wildman–Crippen LogP) is 3.14. The van der Waals surface area contributed by atoms with Crippen molar-refractivity contribution in [1.29, 1.82) is 0 Å². The maximum Gasteiger partial charge on any atom is 0.418 e. The summed E-state index contributed by atoms with van der Waals surface area (Å²) in [6, 6.07) is 3.31. The highest BCUT2D eigenvalue weighted by atomic mass is 79.9. The molecule has 0 bridgehead atoms. The Labute approximate surface area is 131 Å². The van der Waals surface area contributed by atoms with Crippen molar-refractivity contribution in [2.75, 3.05) is 11.4 Å². The van der Waals surface area contributed by atoms with Crippen molar-refractivity contribution < 1.29 is 26.4 Å². The number of hydrogen-bond donors (Lipinski definition) is 0. The minimum absolute atomic E-state index is 0.201. The number of amides is 1. The molecule has 1 saturated heterocycles. The summed E-state index contributed by atoms with van der Waals surface area (Å²) >= 11 is 2.94. The van der Waals surface area contributed by atoms with E-state index in [1.807, 2.05) is 0 Å². The number of anilines is 1. The minimum atomic E-state index is -4.67. The molecule has 1 atom stereocenters. The second kappa shape index (κ2) is 5.44. The van der Waals surface area contributed by atoms with E-state index in [1.165, 1.54) is 6.07 Å².